The number of hydrogen-bond donors (Lipinski definition) is 1. The van der Waals surface area contributed by atoms with E-state index in [4.69, 9.17) is 0 Å². The maximum absolute atomic E-state index is 13.1. The van der Waals surface area contributed by atoms with Crippen molar-refractivity contribution in [1.29, 1.82) is 5.26 Å². The Kier molecular flexibility index (Phi) is 5.58. The number of thiophene rings is 1. The first-order chi connectivity index (χ1) is 12.5. The fourth-order valence-corrected chi connectivity index (χ4v) is 4.60. The number of aryl methyl sites for hydroxylation is 1. The van der Waals surface area contributed by atoms with Crippen LogP contribution >= 0.6 is 11.3 Å². The van der Waals surface area contributed by atoms with E-state index in [0.717, 1.165) is 30.5 Å². The lowest BCUT2D eigenvalue weighted by Crippen LogP contribution is -2.33. The van der Waals surface area contributed by atoms with Gasteiger partial charge in [0, 0.05) is 29.6 Å². The molecule has 1 amide bonds. The van der Waals surface area contributed by atoms with Gasteiger partial charge in [-0.05, 0) is 62.9 Å². The normalized spacial score (nSPS) is 12.7. The molecule has 136 valence electrons. The Balaban J connectivity index is 1.64. The van der Waals surface area contributed by atoms with Crippen molar-refractivity contribution in [2.45, 2.75) is 45.6 Å². The van der Waals surface area contributed by atoms with Crippen LogP contribution in [0.5, 0.6) is 0 Å². The molecule has 1 aliphatic carbocycles. The van der Waals surface area contributed by atoms with E-state index < -0.39 is 0 Å². The second kappa shape index (κ2) is 7.88. The van der Waals surface area contributed by atoms with Crippen LogP contribution in [0, 0.1) is 17.1 Å². The number of nitrogens with one attached hydrogen (secondary N) is 1. The van der Waals surface area contributed by atoms with Gasteiger partial charge in [-0.1, -0.05) is 0 Å². The monoisotopic (exact) mass is 371 g/mol. The second-order valence-electron chi connectivity index (χ2n) is 6.74. The van der Waals surface area contributed by atoms with Crippen LogP contribution in [0.4, 0.5) is 15.1 Å². The van der Waals surface area contributed by atoms with Crippen LogP contribution in [0.1, 0.15) is 42.7 Å². The third-order valence-corrected chi connectivity index (χ3v) is 5.85. The highest BCUT2D eigenvalue weighted by Crippen LogP contribution is 2.38. The number of hydrogen-bond acceptors (Lipinski definition) is 4. The first-order valence-electron chi connectivity index (χ1n) is 8.86. The molecule has 0 saturated heterocycles. The minimum atomic E-state index is -0.273. The zero-order chi connectivity index (χ0) is 18.7. The molecule has 1 aromatic carbocycles. The minimum absolute atomic E-state index is 0.103. The van der Waals surface area contributed by atoms with Crippen molar-refractivity contribution in [1.82, 2.24) is 0 Å². The summed E-state index contributed by atoms with van der Waals surface area (Å²) in [6, 6.07) is 8.74. The zero-order valence-electron chi connectivity index (χ0n) is 15.0. The molecular formula is C20H22FN3OS. The lowest BCUT2D eigenvalue weighted by molar-refractivity contribution is -0.116. The van der Waals surface area contributed by atoms with Gasteiger partial charge >= 0.3 is 0 Å². The van der Waals surface area contributed by atoms with Crippen LogP contribution < -0.4 is 10.2 Å². The smallest absolute Gasteiger partial charge is 0.226 e. The van der Waals surface area contributed by atoms with Crippen molar-refractivity contribution in [2.75, 3.05) is 16.8 Å². The lowest BCUT2D eigenvalue weighted by atomic mass is 10.1. The summed E-state index contributed by atoms with van der Waals surface area (Å²) in [6.07, 6.45) is 3.32. The molecule has 1 heterocycles. The van der Waals surface area contributed by atoms with E-state index >= 15 is 0 Å². The van der Waals surface area contributed by atoms with Crippen molar-refractivity contribution >= 4 is 27.9 Å². The molecule has 0 fully saturated rings. The summed E-state index contributed by atoms with van der Waals surface area (Å²) in [4.78, 5) is 15.7. The summed E-state index contributed by atoms with van der Waals surface area (Å²) in [5, 5.41) is 13.0. The standard InChI is InChI=1S/C20H22FN3OS/c1-13(2)24(15-8-6-14(21)7-9-15)11-10-19(25)23-20-17(12-22)16-4-3-5-18(16)26-20/h6-9,13H,3-5,10-11H2,1-2H3,(H,23,25). The quantitative estimate of drug-likeness (QED) is 0.814. The maximum Gasteiger partial charge on any atom is 0.226 e. The Bertz CT molecular complexity index is 836. The van der Waals surface area contributed by atoms with Crippen LogP contribution in [0.2, 0.25) is 0 Å². The van der Waals surface area contributed by atoms with E-state index in [-0.39, 0.29) is 17.8 Å². The molecule has 2 aromatic rings. The second-order valence-corrected chi connectivity index (χ2v) is 7.84. The van der Waals surface area contributed by atoms with Gasteiger partial charge in [-0.15, -0.1) is 11.3 Å². The molecule has 26 heavy (non-hydrogen) atoms. The van der Waals surface area contributed by atoms with Gasteiger partial charge < -0.3 is 10.2 Å². The van der Waals surface area contributed by atoms with Gasteiger partial charge in [-0.25, -0.2) is 4.39 Å². The predicted molar refractivity (Wildman–Crippen MR) is 103 cm³/mol. The number of fused-ring (bicyclic) bond motifs is 1. The average molecular weight is 371 g/mol. The van der Waals surface area contributed by atoms with Gasteiger partial charge in [0.25, 0.3) is 0 Å². The van der Waals surface area contributed by atoms with Crippen LogP contribution in [0.3, 0.4) is 0 Å². The number of nitrogens with zero attached hydrogens (tertiary/aromatic N) is 2. The summed E-state index contributed by atoms with van der Waals surface area (Å²) in [6.45, 7) is 4.61. The minimum Gasteiger partial charge on any atom is -0.369 e. The summed E-state index contributed by atoms with van der Waals surface area (Å²) in [5.74, 6) is -0.376. The third kappa shape index (κ3) is 3.88. The Hall–Kier alpha value is -2.39. The van der Waals surface area contributed by atoms with Crippen molar-refractivity contribution in [3.05, 3.63) is 46.1 Å². The van der Waals surface area contributed by atoms with E-state index in [1.54, 1.807) is 12.1 Å². The number of carbonyl (C=O) groups excluding carboxylic acids is 1. The van der Waals surface area contributed by atoms with Crippen molar-refractivity contribution in [3.8, 4) is 6.07 Å². The molecule has 6 heteroatoms. The highest BCUT2D eigenvalue weighted by Gasteiger charge is 2.23. The molecule has 0 bridgehead atoms. The Morgan fingerprint density at radius 3 is 2.73 bits per heavy atom. The molecule has 0 unspecified atom stereocenters. The van der Waals surface area contributed by atoms with Crippen molar-refractivity contribution < 1.29 is 9.18 Å². The summed E-state index contributed by atoms with van der Waals surface area (Å²) >= 11 is 1.53. The zero-order valence-corrected chi connectivity index (χ0v) is 15.8. The number of nitriles is 1. The Labute approximate surface area is 157 Å². The van der Waals surface area contributed by atoms with Crippen LogP contribution in [0.15, 0.2) is 24.3 Å². The fourth-order valence-electron chi connectivity index (χ4n) is 3.34. The van der Waals surface area contributed by atoms with Crippen molar-refractivity contribution in [3.63, 3.8) is 0 Å². The van der Waals surface area contributed by atoms with Crippen LogP contribution in [-0.2, 0) is 17.6 Å². The molecule has 3 rings (SSSR count). The van der Waals surface area contributed by atoms with Gasteiger partial charge in [0.1, 0.15) is 16.9 Å². The molecule has 0 aliphatic heterocycles. The van der Waals surface area contributed by atoms with Gasteiger partial charge in [0.2, 0.25) is 5.91 Å². The molecule has 4 nitrogen and oxygen atoms in total. The van der Waals surface area contributed by atoms with Gasteiger partial charge in [0.05, 0.1) is 5.56 Å². The third-order valence-electron chi connectivity index (χ3n) is 4.65. The van der Waals surface area contributed by atoms with E-state index in [2.05, 4.69) is 16.3 Å². The Morgan fingerprint density at radius 2 is 2.08 bits per heavy atom. The molecule has 0 atom stereocenters. The Morgan fingerprint density at radius 1 is 1.35 bits per heavy atom. The van der Waals surface area contributed by atoms with E-state index in [1.165, 1.54) is 28.3 Å². The molecule has 0 spiro atoms. The number of rotatable bonds is 6. The number of benzene rings is 1. The fraction of sp³-hybridized carbons (Fsp3) is 0.400. The molecule has 1 N–H and O–H groups in total. The first-order valence-corrected chi connectivity index (χ1v) is 9.68. The summed E-state index contributed by atoms with van der Waals surface area (Å²) in [7, 11) is 0. The largest absolute Gasteiger partial charge is 0.369 e. The van der Waals surface area contributed by atoms with Gasteiger partial charge in [0.15, 0.2) is 0 Å². The highest BCUT2D eigenvalue weighted by atomic mass is 32.1. The number of anilines is 2. The summed E-state index contributed by atoms with van der Waals surface area (Å²) in [5.41, 5.74) is 2.64. The predicted octanol–water partition coefficient (Wildman–Crippen LogP) is 4.49. The molecule has 1 aromatic heterocycles. The van der Waals surface area contributed by atoms with E-state index in [0.29, 0.717) is 23.5 Å². The lowest BCUT2D eigenvalue weighted by Gasteiger charge is -2.28. The topological polar surface area (TPSA) is 56.1 Å². The van der Waals surface area contributed by atoms with Gasteiger partial charge in [-0.3, -0.25) is 4.79 Å². The van der Waals surface area contributed by atoms with E-state index in [1.807, 2.05) is 13.8 Å². The molecule has 0 saturated carbocycles. The SMILES string of the molecule is CC(C)N(CCC(=O)Nc1sc2c(c1C#N)CCC2)c1ccc(F)cc1. The first kappa shape index (κ1) is 18.4. The van der Waals surface area contributed by atoms with Gasteiger partial charge in [-0.2, -0.15) is 5.26 Å². The van der Waals surface area contributed by atoms with Crippen molar-refractivity contribution in [2.24, 2.45) is 0 Å². The maximum atomic E-state index is 13.1. The molecule has 1 aliphatic rings. The van der Waals surface area contributed by atoms with E-state index in [9.17, 15) is 14.4 Å². The molecular weight excluding hydrogens is 349 g/mol. The number of amides is 1. The number of halogens is 1. The number of carbonyl (C=O) groups is 1. The average Bonchev–Trinajstić information content (AvgIpc) is 3.16. The summed E-state index contributed by atoms with van der Waals surface area (Å²) < 4.78 is 13.1. The molecule has 0 radical (unpaired) electrons. The van der Waals surface area contributed by atoms with Crippen LogP contribution in [-0.4, -0.2) is 18.5 Å². The van der Waals surface area contributed by atoms with Crippen LogP contribution in [0.25, 0.3) is 0 Å². The highest BCUT2D eigenvalue weighted by molar-refractivity contribution is 7.16.